The van der Waals surface area contributed by atoms with Crippen molar-refractivity contribution >= 4 is 28.0 Å². The summed E-state index contributed by atoms with van der Waals surface area (Å²) in [6.07, 6.45) is 5.26. The molecule has 0 aliphatic heterocycles. The van der Waals surface area contributed by atoms with Crippen molar-refractivity contribution in [1.82, 2.24) is 19.6 Å². The van der Waals surface area contributed by atoms with E-state index < -0.39 is 5.91 Å². The third-order valence-electron chi connectivity index (χ3n) is 2.92. The molecule has 0 unspecified atom stereocenters. The minimum atomic E-state index is -0.498. The SMILES string of the molecule is CCc1cn[nH]c1NC(=O)c1cnc2sccn2c1=O. The highest BCUT2D eigenvalue weighted by Crippen LogP contribution is 2.12. The number of amides is 1. The Kier molecular flexibility index (Phi) is 3.07. The van der Waals surface area contributed by atoms with Crippen molar-refractivity contribution in [2.24, 2.45) is 0 Å². The van der Waals surface area contributed by atoms with Crippen molar-refractivity contribution in [1.29, 1.82) is 0 Å². The van der Waals surface area contributed by atoms with Crippen LogP contribution in [0.5, 0.6) is 0 Å². The van der Waals surface area contributed by atoms with Gasteiger partial charge in [0.2, 0.25) is 0 Å². The molecule has 0 atom stereocenters. The van der Waals surface area contributed by atoms with Gasteiger partial charge in [-0.25, -0.2) is 4.98 Å². The topological polar surface area (TPSA) is 92.2 Å². The number of anilines is 1. The highest BCUT2D eigenvalue weighted by atomic mass is 32.1. The Labute approximate surface area is 117 Å². The van der Waals surface area contributed by atoms with Gasteiger partial charge in [0.1, 0.15) is 11.4 Å². The maximum absolute atomic E-state index is 12.2. The Hall–Kier alpha value is -2.48. The van der Waals surface area contributed by atoms with Gasteiger partial charge in [-0.15, -0.1) is 11.3 Å². The van der Waals surface area contributed by atoms with Crippen LogP contribution in [0.4, 0.5) is 5.82 Å². The normalized spacial score (nSPS) is 10.8. The van der Waals surface area contributed by atoms with E-state index >= 15 is 0 Å². The maximum Gasteiger partial charge on any atom is 0.271 e. The van der Waals surface area contributed by atoms with E-state index in [0.717, 1.165) is 12.0 Å². The van der Waals surface area contributed by atoms with E-state index in [9.17, 15) is 9.59 Å². The van der Waals surface area contributed by atoms with Crippen molar-refractivity contribution in [2.45, 2.75) is 13.3 Å². The monoisotopic (exact) mass is 289 g/mol. The molecule has 20 heavy (non-hydrogen) atoms. The Morgan fingerprint density at radius 1 is 1.50 bits per heavy atom. The maximum atomic E-state index is 12.2. The number of aromatic nitrogens is 4. The van der Waals surface area contributed by atoms with Crippen molar-refractivity contribution in [3.63, 3.8) is 0 Å². The molecule has 3 aromatic rings. The molecule has 0 aliphatic carbocycles. The number of nitrogens with one attached hydrogen (secondary N) is 2. The molecular formula is C12H11N5O2S. The lowest BCUT2D eigenvalue weighted by molar-refractivity contribution is 0.102. The first-order valence-corrected chi connectivity index (χ1v) is 6.87. The van der Waals surface area contributed by atoms with Gasteiger partial charge in [0.15, 0.2) is 4.96 Å². The number of hydrogen-bond donors (Lipinski definition) is 2. The van der Waals surface area contributed by atoms with Gasteiger partial charge in [0.25, 0.3) is 11.5 Å². The molecule has 0 aromatic carbocycles. The minimum absolute atomic E-state index is 0.00227. The highest BCUT2D eigenvalue weighted by molar-refractivity contribution is 7.15. The molecule has 0 spiro atoms. The summed E-state index contributed by atoms with van der Waals surface area (Å²) in [6.45, 7) is 1.95. The lowest BCUT2D eigenvalue weighted by Crippen LogP contribution is -2.26. The third kappa shape index (κ3) is 1.99. The molecule has 0 aliphatic rings. The van der Waals surface area contributed by atoms with E-state index in [4.69, 9.17) is 0 Å². The summed E-state index contributed by atoms with van der Waals surface area (Å²) < 4.78 is 1.35. The van der Waals surface area contributed by atoms with Crippen LogP contribution in [-0.2, 0) is 6.42 Å². The van der Waals surface area contributed by atoms with Crippen LogP contribution in [0, 0.1) is 0 Å². The predicted molar refractivity (Wildman–Crippen MR) is 75.3 cm³/mol. The van der Waals surface area contributed by atoms with Crippen LogP contribution in [0.15, 0.2) is 28.8 Å². The Bertz CT molecular complexity index is 832. The van der Waals surface area contributed by atoms with Gasteiger partial charge in [-0.2, -0.15) is 5.10 Å². The fourth-order valence-electron chi connectivity index (χ4n) is 1.85. The fourth-order valence-corrected chi connectivity index (χ4v) is 2.52. The molecule has 0 saturated heterocycles. The van der Waals surface area contributed by atoms with Crippen LogP contribution < -0.4 is 10.9 Å². The molecule has 0 saturated carbocycles. The van der Waals surface area contributed by atoms with E-state index in [1.165, 1.54) is 21.9 Å². The van der Waals surface area contributed by atoms with Crippen LogP contribution in [0.1, 0.15) is 22.8 Å². The second-order valence-corrected chi connectivity index (χ2v) is 4.98. The van der Waals surface area contributed by atoms with Crippen LogP contribution in [0.2, 0.25) is 0 Å². The van der Waals surface area contributed by atoms with Crippen molar-refractivity contribution < 1.29 is 4.79 Å². The number of carbonyl (C=O) groups is 1. The number of aryl methyl sites for hydroxylation is 1. The first-order valence-electron chi connectivity index (χ1n) is 5.99. The number of carbonyl (C=O) groups excluding carboxylic acids is 1. The van der Waals surface area contributed by atoms with Gasteiger partial charge in [0, 0.05) is 23.3 Å². The first kappa shape index (κ1) is 12.5. The first-order chi connectivity index (χ1) is 9.70. The van der Waals surface area contributed by atoms with Gasteiger partial charge < -0.3 is 5.32 Å². The predicted octanol–water partition coefficient (Wildman–Crippen LogP) is 1.29. The van der Waals surface area contributed by atoms with E-state index in [1.54, 1.807) is 17.8 Å². The van der Waals surface area contributed by atoms with Gasteiger partial charge in [-0.3, -0.25) is 19.1 Å². The van der Waals surface area contributed by atoms with Crippen LogP contribution in [-0.4, -0.2) is 25.5 Å². The standard InChI is InChI=1S/C12H11N5O2S/c1-2-7-5-14-16-9(7)15-10(18)8-6-13-12-17(11(8)19)3-4-20-12/h3-6H,2H2,1H3,(H2,14,15,16,18). The van der Waals surface area contributed by atoms with E-state index in [2.05, 4.69) is 20.5 Å². The van der Waals surface area contributed by atoms with Crippen LogP contribution in [0.25, 0.3) is 4.96 Å². The fraction of sp³-hybridized carbons (Fsp3) is 0.167. The minimum Gasteiger partial charge on any atom is -0.306 e. The molecule has 8 heteroatoms. The third-order valence-corrected chi connectivity index (χ3v) is 3.70. The quantitative estimate of drug-likeness (QED) is 0.760. The number of fused-ring (bicyclic) bond motifs is 1. The molecule has 102 valence electrons. The van der Waals surface area contributed by atoms with Crippen LogP contribution in [0.3, 0.4) is 0 Å². The summed E-state index contributed by atoms with van der Waals surface area (Å²) in [7, 11) is 0. The Morgan fingerprint density at radius 2 is 2.35 bits per heavy atom. The summed E-state index contributed by atoms with van der Waals surface area (Å²) in [6, 6.07) is 0. The van der Waals surface area contributed by atoms with Gasteiger partial charge in [-0.05, 0) is 6.42 Å². The molecule has 2 N–H and O–H groups in total. The Morgan fingerprint density at radius 3 is 3.15 bits per heavy atom. The molecule has 0 fully saturated rings. The molecule has 0 bridgehead atoms. The molecule has 0 radical (unpaired) electrons. The summed E-state index contributed by atoms with van der Waals surface area (Å²) in [4.78, 5) is 29.0. The Balaban J connectivity index is 1.97. The molecule has 1 amide bonds. The molecule has 3 heterocycles. The molecular weight excluding hydrogens is 278 g/mol. The highest BCUT2D eigenvalue weighted by Gasteiger charge is 2.15. The zero-order valence-electron chi connectivity index (χ0n) is 10.6. The van der Waals surface area contributed by atoms with Crippen molar-refractivity contribution in [3.8, 4) is 0 Å². The van der Waals surface area contributed by atoms with E-state index in [-0.39, 0.29) is 11.1 Å². The van der Waals surface area contributed by atoms with Crippen molar-refractivity contribution in [3.05, 3.63) is 45.5 Å². The summed E-state index contributed by atoms with van der Waals surface area (Å²) in [5, 5.41) is 11.0. The van der Waals surface area contributed by atoms with Gasteiger partial charge in [0.05, 0.1) is 6.20 Å². The van der Waals surface area contributed by atoms with Crippen LogP contribution >= 0.6 is 11.3 Å². The summed E-state index contributed by atoms with van der Waals surface area (Å²) in [5.41, 5.74) is 0.492. The van der Waals surface area contributed by atoms with E-state index in [0.29, 0.717) is 10.8 Å². The zero-order valence-corrected chi connectivity index (χ0v) is 11.4. The molecule has 7 nitrogen and oxygen atoms in total. The lowest BCUT2D eigenvalue weighted by Gasteiger charge is -2.04. The summed E-state index contributed by atoms with van der Waals surface area (Å²) in [5.74, 6) is 0.00867. The number of aromatic amines is 1. The number of H-pyrrole nitrogens is 1. The second-order valence-electron chi connectivity index (χ2n) is 4.11. The van der Waals surface area contributed by atoms with Gasteiger partial charge >= 0.3 is 0 Å². The average molecular weight is 289 g/mol. The number of hydrogen-bond acceptors (Lipinski definition) is 5. The molecule has 3 rings (SSSR count). The van der Waals surface area contributed by atoms with Gasteiger partial charge in [-0.1, -0.05) is 6.92 Å². The second kappa shape index (κ2) is 4.89. The number of nitrogens with zero attached hydrogens (tertiary/aromatic N) is 3. The zero-order chi connectivity index (χ0) is 14.1. The lowest BCUT2D eigenvalue weighted by atomic mass is 10.2. The van der Waals surface area contributed by atoms with E-state index in [1.807, 2.05) is 6.92 Å². The smallest absolute Gasteiger partial charge is 0.271 e. The largest absolute Gasteiger partial charge is 0.306 e. The average Bonchev–Trinajstić information content (AvgIpc) is 3.07. The number of thiazole rings is 1. The number of rotatable bonds is 3. The van der Waals surface area contributed by atoms with Crippen molar-refractivity contribution in [2.75, 3.05) is 5.32 Å². The summed E-state index contributed by atoms with van der Waals surface area (Å²) >= 11 is 1.34. The molecule has 3 aromatic heterocycles.